The van der Waals surface area contributed by atoms with E-state index in [1.54, 1.807) is 38.1 Å². The van der Waals surface area contributed by atoms with Gasteiger partial charge in [-0.25, -0.2) is 9.79 Å². The van der Waals surface area contributed by atoms with Crippen LogP contribution >= 0.6 is 34.3 Å². The molecule has 3 aromatic heterocycles. The summed E-state index contributed by atoms with van der Waals surface area (Å²) >= 11 is 8.53. The van der Waals surface area contributed by atoms with Gasteiger partial charge in [0.2, 0.25) is 0 Å². The van der Waals surface area contributed by atoms with Crippen molar-refractivity contribution in [2.75, 3.05) is 6.61 Å². The van der Waals surface area contributed by atoms with Crippen LogP contribution < -0.4 is 14.9 Å². The van der Waals surface area contributed by atoms with Crippen LogP contribution in [0.25, 0.3) is 17.4 Å². The maximum atomic E-state index is 13.6. The molecule has 0 saturated heterocycles. The van der Waals surface area contributed by atoms with Gasteiger partial charge in [0.25, 0.3) is 11.2 Å². The van der Waals surface area contributed by atoms with Gasteiger partial charge in [-0.05, 0) is 49.6 Å². The maximum absolute atomic E-state index is 13.6. The number of thiazole rings is 1. The highest BCUT2D eigenvalue weighted by Crippen LogP contribution is 2.33. The van der Waals surface area contributed by atoms with E-state index in [-0.39, 0.29) is 22.9 Å². The Morgan fingerprint density at radius 3 is 2.84 bits per heavy atom. The lowest BCUT2D eigenvalue weighted by Crippen LogP contribution is -2.39. The van der Waals surface area contributed by atoms with Crippen LogP contribution in [0.5, 0.6) is 0 Å². The molecule has 5 rings (SSSR count). The summed E-state index contributed by atoms with van der Waals surface area (Å²) in [5.74, 6) is 0.256. The summed E-state index contributed by atoms with van der Waals surface area (Å²) in [7, 11) is 0. The molecule has 1 aliphatic rings. The number of hydrogen-bond donors (Lipinski definition) is 0. The first-order valence-electron chi connectivity index (χ1n) is 11.1. The van der Waals surface area contributed by atoms with E-state index in [1.807, 2.05) is 17.5 Å². The van der Waals surface area contributed by atoms with Gasteiger partial charge < -0.3 is 9.15 Å². The van der Waals surface area contributed by atoms with Crippen LogP contribution in [0.2, 0.25) is 5.02 Å². The van der Waals surface area contributed by atoms with E-state index in [4.69, 9.17) is 20.8 Å². The molecular formula is C25H18ClN3O6S2. The van der Waals surface area contributed by atoms with Gasteiger partial charge >= 0.3 is 5.97 Å². The Kier molecular flexibility index (Phi) is 6.67. The standard InChI is InChI=1S/C25H18ClN3O6S2/c1-3-34-24(31)21-13(2)27-25-28(22(21)19-5-4-10-36-19)23(30)20(37-25)12-15-7-9-18(35-15)14-6-8-16(26)17(11-14)29(32)33/h4-12,22H,3H2,1-2H3/b20-12-/t22-/m1/s1. The first kappa shape index (κ1) is 24.9. The van der Waals surface area contributed by atoms with E-state index in [1.165, 1.54) is 39.4 Å². The molecular weight excluding hydrogens is 538 g/mol. The third-order valence-electron chi connectivity index (χ3n) is 5.66. The van der Waals surface area contributed by atoms with Gasteiger partial charge in [0.05, 0.1) is 27.3 Å². The van der Waals surface area contributed by atoms with Crippen molar-refractivity contribution >= 4 is 52.0 Å². The first-order valence-corrected chi connectivity index (χ1v) is 13.1. The fraction of sp³-hybridized carbons (Fsp3) is 0.160. The fourth-order valence-electron chi connectivity index (χ4n) is 4.03. The van der Waals surface area contributed by atoms with Gasteiger partial charge in [0.15, 0.2) is 4.80 Å². The second-order valence-electron chi connectivity index (χ2n) is 7.94. The van der Waals surface area contributed by atoms with Crippen LogP contribution in [-0.2, 0) is 9.53 Å². The lowest BCUT2D eigenvalue weighted by atomic mass is 10.0. The average molecular weight is 556 g/mol. The zero-order chi connectivity index (χ0) is 26.3. The quantitative estimate of drug-likeness (QED) is 0.194. The van der Waals surface area contributed by atoms with Crippen LogP contribution in [0, 0.1) is 10.1 Å². The van der Waals surface area contributed by atoms with Gasteiger partial charge in [0.1, 0.15) is 22.6 Å². The predicted molar refractivity (Wildman–Crippen MR) is 141 cm³/mol. The molecule has 0 N–H and O–H groups in total. The third kappa shape index (κ3) is 4.57. The number of benzene rings is 1. The predicted octanol–water partition coefficient (Wildman–Crippen LogP) is 4.68. The number of fused-ring (bicyclic) bond motifs is 1. The van der Waals surface area contributed by atoms with Crippen LogP contribution in [0.1, 0.15) is 30.5 Å². The van der Waals surface area contributed by atoms with E-state index in [0.717, 1.165) is 4.88 Å². The number of allylic oxidation sites excluding steroid dienone is 1. The van der Waals surface area contributed by atoms with Crippen molar-refractivity contribution in [3.05, 3.63) is 105 Å². The number of carbonyl (C=O) groups excluding carboxylic acids is 1. The number of rotatable bonds is 6. The van der Waals surface area contributed by atoms with Crippen molar-refractivity contribution in [2.24, 2.45) is 4.99 Å². The Hall–Kier alpha value is -3.80. The Balaban J connectivity index is 1.59. The molecule has 37 heavy (non-hydrogen) atoms. The van der Waals surface area contributed by atoms with Gasteiger partial charge in [-0.1, -0.05) is 29.0 Å². The highest BCUT2D eigenvalue weighted by Gasteiger charge is 2.33. The minimum atomic E-state index is -0.653. The molecule has 0 radical (unpaired) electrons. The number of aromatic nitrogens is 1. The summed E-state index contributed by atoms with van der Waals surface area (Å²) in [6.07, 6.45) is 1.59. The lowest BCUT2D eigenvalue weighted by Gasteiger charge is -2.23. The second kappa shape index (κ2) is 9.92. The lowest BCUT2D eigenvalue weighted by molar-refractivity contribution is -0.384. The summed E-state index contributed by atoms with van der Waals surface area (Å²) in [6, 6.07) is 10.8. The third-order valence-corrected chi connectivity index (χ3v) is 7.88. The molecule has 0 aliphatic carbocycles. The average Bonchev–Trinajstić information content (AvgIpc) is 3.61. The summed E-state index contributed by atoms with van der Waals surface area (Å²) in [5, 5.41) is 13.1. The molecule has 0 bridgehead atoms. The molecule has 1 aliphatic heterocycles. The number of ether oxygens (including phenoxy) is 1. The Bertz CT molecular complexity index is 1750. The van der Waals surface area contributed by atoms with E-state index in [9.17, 15) is 19.7 Å². The SMILES string of the molecule is CCOC(=O)C1=C(C)N=c2s/c(=C\c3ccc(-c4ccc(Cl)c([N+](=O)[O-])c4)o3)c(=O)n2[C@@H]1c1cccs1. The van der Waals surface area contributed by atoms with Gasteiger partial charge in [-0.15, -0.1) is 11.3 Å². The number of furan rings is 1. The molecule has 1 aromatic carbocycles. The van der Waals surface area contributed by atoms with Crippen molar-refractivity contribution < 1.29 is 18.9 Å². The minimum absolute atomic E-state index is 0.0272. The highest BCUT2D eigenvalue weighted by molar-refractivity contribution is 7.10. The number of hydrogen-bond acceptors (Lipinski definition) is 9. The van der Waals surface area contributed by atoms with Gasteiger partial charge in [-0.3, -0.25) is 19.5 Å². The van der Waals surface area contributed by atoms with Crippen molar-refractivity contribution in [1.29, 1.82) is 0 Å². The molecule has 1 atom stereocenters. The number of thiophene rings is 1. The van der Waals surface area contributed by atoms with Crippen LogP contribution in [0.3, 0.4) is 0 Å². The molecule has 12 heteroatoms. The van der Waals surface area contributed by atoms with Crippen molar-refractivity contribution in [1.82, 2.24) is 4.57 Å². The van der Waals surface area contributed by atoms with Gasteiger partial charge in [-0.2, -0.15) is 0 Å². The normalized spacial score (nSPS) is 15.4. The summed E-state index contributed by atoms with van der Waals surface area (Å²) in [4.78, 5) is 42.9. The minimum Gasteiger partial charge on any atom is -0.463 e. The largest absolute Gasteiger partial charge is 0.463 e. The molecule has 4 heterocycles. The highest BCUT2D eigenvalue weighted by atomic mass is 35.5. The van der Waals surface area contributed by atoms with E-state index in [0.29, 0.717) is 37.7 Å². The van der Waals surface area contributed by atoms with Crippen LogP contribution in [-0.4, -0.2) is 22.1 Å². The van der Waals surface area contributed by atoms with Crippen molar-refractivity contribution in [2.45, 2.75) is 19.9 Å². The molecule has 0 saturated carbocycles. The number of halogens is 1. The fourth-order valence-corrected chi connectivity index (χ4v) is 6.06. The topological polar surface area (TPSA) is 117 Å². The summed E-state index contributed by atoms with van der Waals surface area (Å²) in [6.45, 7) is 3.66. The van der Waals surface area contributed by atoms with E-state index in [2.05, 4.69) is 4.99 Å². The zero-order valence-corrected chi connectivity index (χ0v) is 21.9. The van der Waals surface area contributed by atoms with Crippen molar-refractivity contribution in [3.63, 3.8) is 0 Å². The van der Waals surface area contributed by atoms with Crippen LogP contribution in [0.15, 0.2) is 73.3 Å². The Labute approximate surface area is 222 Å². The molecule has 0 fully saturated rings. The smallest absolute Gasteiger partial charge is 0.338 e. The maximum Gasteiger partial charge on any atom is 0.338 e. The number of carbonyl (C=O) groups is 1. The molecule has 0 unspecified atom stereocenters. The van der Waals surface area contributed by atoms with Crippen molar-refractivity contribution in [3.8, 4) is 11.3 Å². The summed E-state index contributed by atoms with van der Waals surface area (Å²) < 4.78 is 13.0. The number of nitro groups is 1. The second-order valence-corrected chi connectivity index (χ2v) is 10.3. The number of esters is 1. The molecule has 188 valence electrons. The van der Waals surface area contributed by atoms with E-state index < -0.39 is 16.9 Å². The Morgan fingerprint density at radius 1 is 1.32 bits per heavy atom. The first-order chi connectivity index (χ1) is 17.8. The number of nitro benzene ring substituents is 1. The monoisotopic (exact) mass is 555 g/mol. The summed E-state index contributed by atoms with van der Waals surface area (Å²) in [5.41, 5.74) is 0.745. The Morgan fingerprint density at radius 2 is 2.14 bits per heavy atom. The zero-order valence-electron chi connectivity index (χ0n) is 19.5. The van der Waals surface area contributed by atoms with E-state index >= 15 is 0 Å². The van der Waals surface area contributed by atoms with Crippen LogP contribution in [0.4, 0.5) is 5.69 Å². The van der Waals surface area contributed by atoms with Gasteiger partial charge in [0, 0.05) is 22.6 Å². The molecule has 4 aromatic rings. The molecule has 0 amide bonds. The number of nitrogens with zero attached hydrogens (tertiary/aromatic N) is 3. The molecule has 9 nitrogen and oxygen atoms in total. The molecule has 0 spiro atoms.